The summed E-state index contributed by atoms with van der Waals surface area (Å²) >= 11 is 1.59. The van der Waals surface area contributed by atoms with Crippen molar-refractivity contribution in [2.75, 3.05) is 18.1 Å². The number of nitrogens with zero attached hydrogens (tertiary/aromatic N) is 1. The monoisotopic (exact) mass is 275 g/mol. The molecule has 6 heteroatoms. The van der Waals surface area contributed by atoms with E-state index in [9.17, 15) is 8.42 Å². The maximum atomic E-state index is 11.3. The molecule has 0 spiro atoms. The third-order valence-corrected chi connectivity index (χ3v) is 6.21. The molecule has 1 aromatic heterocycles. The Morgan fingerprint density at radius 1 is 1.65 bits per heavy atom. The van der Waals surface area contributed by atoms with Crippen LogP contribution in [0.1, 0.15) is 29.1 Å². The molecule has 0 saturated carbocycles. The van der Waals surface area contributed by atoms with E-state index in [0.29, 0.717) is 11.5 Å². The number of aromatic nitrogens is 1. The first-order chi connectivity index (χ1) is 8.00. The van der Waals surface area contributed by atoms with E-state index in [1.54, 1.807) is 17.5 Å². The van der Waals surface area contributed by atoms with Crippen molar-refractivity contribution in [1.29, 1.82) is 0 Å². The van der Waals surface area contributed by atoms with Crippen LogP contribution in [-0.2, 0) is 16.3 Å². The Bertz CT molecular complexity index is 481. The van der Waals surface area contributed by atoms with Crippen molar-refractivity contribution in [1.82, 2.24) is 4.98 Å². The molecule has 2 atom stereocenters. The molecule has 0 aliphatic carbocycles. The molecule has 4 nitrogen and oxygen atoms in total. The lowest BCUT2D eigenvalue weighted by Crippen LogP contribution is -2.07. The minimum absolute atomic E-state index is 0.119. The van der Waals surface area contributed by atoms with Gasteiger partial charge in [0, 0.05) is 23.4 Å². The molecule has 0 amide bonds. The van der Waals surface area contributed by atoms with Gasteiger partial charge in [0.2, 0.25) is 0 Å². The van der Waals surface area contributed by atoms with Gasteiger partial charge in [-0.2, -0.15) is 0 Å². The predicted molar refractivity (Wildman–Crippen MR) is 68.1 cm³/mol. The van der Waals surface area contributed by atoms with Crippen LogP contribution in [0.5, 0.6) is 0 Å². The van der Waals surface area contributed by atoms with E-state index >= 15 is 0 Å². The van der Waals surface area contributed by atoms with E-state index < -0.39 is 9.84 Å². The van der Waals surface area contributed by atoms with E-state index in [2.05, 4.69) is 4.98 Å². The fourth-order valence-corrected chi connectivity index (χ4v) is 4.96. The molecule has 0 radical (unpaired) electrons. The largest absolute Gasteiger partial charge is 0.396 e. The topological polar surface area (TPSA) is 67.3 Å². The normalized spacial score (nSPS) is 24.9. The van der Waals surface area contributed by atoms with Crippen LogP contribution in [0.3, 0.4) is 0 Å². The van der Waals surface area contributed by atoms with Crippen molar-refractivity contribution in [3.8, 4) is 0 Å². The molecule has 1 fully saturated rings. The molecule has 1 aromatic rings. The maximum Gasteiger partial charge on any atom is 0.150 e. The number of rotatable bonds is 4. The van der Waals surface area contributed by atoms with Gasteiger partial charge in [-0.1, -0.05) is 6.92 Å². The van der Waals surface area contributed by atoms with Crippen LogP contribution in [0, 0.1) is 5.92 Å². The number of sulfone groups is 1. The molecule has 0 bridgehead atoms. The van der Waals surface area contributed by atoms with Crippen molar-refractivity contribution < 1.29 is 13.5 Å². The van der Waals surface area contributed by atoms with Gasteiger partial charge in [-0.15, -0.1) is 11.3 Å². The average Bonchev–Trinajstić information content (AvgIpc) is 2.85. The van der Waals surface area contributed by atoms with Crippen molar-refractivity contribution in [2.45, 2.75) is 25.7 Å². The van der Waals surface area contributed by atoms with Gasteiger partial charge in [-0.25, -0.2) is 13.4 Å². The van der Waals surface area contributed by atoms with Gasteiger partial charge in [0.15, 0.2) is 9.84 Å². The Kier molecular flexibility index (Phi) is 3.85. The number of thiazole rings is 1. The fourth-order valence-electron chi connectivity index (χ4n) is 2.02. The highest BCUT2D eigenvalue weighted by molar-refractivity contribution is 7.91. The lowest BCUT2D eigenvalue weighted by molar-refractivity contribution is 0.274. The summed E-state index contributed by atoms with van der Waals surface area (Å²) in [6, 6.07) is 0. The Morgan fingerprint density at radius 3 is 3.00 bits per heavy atom. The Hall–Kier alpha value is -0.460. The SMILES string of the molecule is CC(CO)c1cnc(CC2CCS(=O)(=O)C2)s1. The zero-order valence-corrected chi connectivity index (χ0v) is 11.4. The van der Waals surface area contributed by atoms with Gasteiger partial charge in [0.1, 0.15) is 0 Å². The zero-order chi connectivity index (χ0) is 12.5. The minimum atomic E-state index is -2.79. The molecular weight excluding hydrogens is 258 g/mol. The summed E-state index contributed by atoms with van der Waals surface area (Å²) in [6.45, 7) is 2.08. The highest BCUT2D eigenvalue weighted by atomic mass is 32.2. The van der Waals surface area contributed by atoms with Gasteiger partial charge in [0.25, 0.3) is 0 Å². The van der Waals surface area contributed by atoms with E-state index in [0.717, 1.165) is 22.7 Å². The van der Waals surface area contributed by atoms with Crippen LogP contribution in [0.15, 0.2) is 6.20 Å². The minimum Gasteiger partial charge on any atom is -0.396 e. The second-order valence-electron chi connectivity index (χ2n) is 4.71. The summed E-state index contributed by atoms with van der Waals surface area (Å²) < 4.78 is 22.7. The highest BCUT2D eigenvalue weighted by Crippen LogP contribution is 2.27. The first-order valence-electron chi connectivity index (χ1n) is 5.76. The summed E-state index contributed by atoms with van der Waals surface area (Å²) in [5.41, 5.74) is 0. The average molecular weight is 275 g/mol. The molecule has 1 aliphatic rings. The summed E-state index contributed by atoms with van der Waals surface area (Å²) in [7, 11) is -2.79. The fraction of sp³-hybridized carbons (Fsp3) is 0.727. The Morgan fingerprint density at radius 2 is 2.41 bits per heavy atom. The van der Waals surface area contributed by atoms with Gasteiger partial charge >= 0.3 is 0 Å². The standard InChI is InChI=1S/C11H17NO3S2/c1-8(6-13)10-5-12-11(16-10)4-9-2-3-17(14,15)7-9/h5,8-9,13H,2-4,6-7H2,1H3. The van der Waals surface area contributed by atoms with Crippen LogP contribution >= 0.6 is 11.3 Å². The van der Waals surface area contributed by atoms with Crippen molar-refractivity contribution in [3.05, 3.63) is 16.1 Å². The van der Waals surface area contributed by atoms with Crippen molar-refractivity contribution >= 4 is 21.2 Å². The summed E-state index contributed by atoms with van der Waals surface area (Å²) in [5.74, 6) is 0.970. The first kappa shape index (κ1) is 13.0. The number of hydrogen-bond donors (Lipinski definition) is 1. The maximum absolute atomic E-state index is 11.3. The van der Waals surface area contributed by atoms with Crippen molar-refractivity contribution in [3.63, 3.8) is 0 Å². The zero-order valence-electron chi connectivity index (χ0n) is 9.80. The molecule has 1 aliphatic heterocycles. The van der Waals surface area contributed by atoms with E-state index in [4.69, 9.17) is 5.11 Å². The number of aliphatic hydroxyl groups is 1. The molecule has 1 N–H and O–H groups in total. The van der Waals surface area contributed by atoms with Crippen LogP contribution in [0.4, 0.5) is 0 Å². The predicted octanol–water partition coefficient (Wildman–Crippen LogP) is 1.22. The van der Waals surface area contributed by atoms with Gasteiger partial charge in [-0.05, 0) is 12.3 Å². The highest BCUT2D eigenvalue weighted by Gasteiger charge is 2.28. The lowest BCUT2D eigenvalue weighted by atomic mass is 10.1. The van der Waals surface area contributed by atoms with Crippen LogP contribution < -0.4 is 0 Å². The van der Waals surface area contributed by atoms with Crippen LogP contribution in [0.25, 0.3) is 0 Å². The molecule has 2 heterocycles. The quantitative estimate of drug-likeness (QED) is 0.897. The second-order valence-corrected chi connectivity index (χ2v) is 8.09. The summed E-state index contributed by atoms with van der Waals surface area (Å²) in [4.78, 5) is 5.38. The lowest BCUT2D eigenvalue weighted by Gasteiger charge is -2.04. The molecule has 96 valence electrons. The van der Waals surface area contributed by atoms with E-state index in [1.807, 2.05) is 6.92 Å². The summed E-state index contributed by atoms with van der Waals surface area (Å²) in [6.07, 6.45) is 3.30. The third kappa shape index (κ3) is 3.26. The third-order valence-electron chi connectivity index (χ3n) is 3.12. The van der Waals surface area contributed by atoms with E-state index in [1.165, 1.54) is 0 Å². The Labute approximate surface area is 106 Å². The number of hydrogen-bond acceptors (Lipinski definition) is 5. The van der Waals surface area contributed by atoms with Crippen LogP contribution in [0.2, 0.25) is 0 Å². The van der Waals surface area contributed by atoms with Gasteiger partial charge in [-0.3, -0.25) is 0 Å². The number of aliphatic hydroxyl groups excluding tert-OH is 1. The van der Waals surface area contributed by atoms with Gasteiger partial charge in [0.05, 0.1) is 23.1 Å². The van der Waals surface area contributed by atoms with Gasteiger partial charge < -0.3 is 5.11 Å². The second kappa shape index (κ2) is 5.04. The van der Waals surface area contributed by atoms with Crippen molar-refractivity contribution in [2.24, 2.45) is 5.92 Å². The molecule has 0 aromatic carbocycles. The van der Waals surface area contributed by atoms with E-state index in [-0.39, 0.29) is 18.4 Å². The molecular formula is C11H17NO3S2. The molecule has 1 saturated heterocycles. The molecule has 2 rings (SSSR count). The first-order valence-corrected chi connectivity index (χ1v) is 8.40. The smallest absolute Gasteiger partial charge is 0.150 e. The molecule has 17 heavy (non-hydrogen) atoms. The summed E-state index contributed by atoms with van der Waals surface area (Å²) in [5, 5.41) is 10.0. The Balaban J connectivity index is 1.98. The van der Waals surface area contributed by atoms with Crippen LogP contribution in [-0.4, -0.2) is 36.6 Å². The molecule has 2 unspecified atom stereocenters.